The topological polar surface area (TPSA) is 63.1 Å². The molecule has 1 N–H and O–H groups in total. The van der Waals surface area contributed by atoms with Gasteiger partial charge < -0.3 is 5.32 Å². The fourth-order valence-electron chi connectivity index (χ4n) is 1.74. The predicted octanol–water partition coefficient (Wildman–Crippen LogP) is 0.621. The van der Waals surface area contributed by atoms with Gasteiger partial charge >= 0.3 is 0 Å². The number of rotatable bonds is 5. The summed E-state index contributed by atoms with van der Waals surface area (Å²) in [6.07, 6.45) is 1.63. The Bertz CT molecular complexity index is 667. The van der Waals surface area contributed by atoms with Crippen LogP contribution in [0.15, 0.2) is 36.5 Å². The molecular formula is C16H19N5O. The number of benzene rings is 1. The van der Waals surface area contributed by atoms with Crippen LogP contribution in [0.2, 0.25) is 0 Å². The number of carbonyl (C=O) groups is 1. The molecular weight excluding hydrogens is 278 g/mol. The zero-order valence-electron chi connectivity index (χ0n) is 12.8. The van der Waals surface area contributed by atoms with Crippen molar-refractivity contribution in [1.82, 2.24) is 25.2 Å². The highest BCUT2D eigenvalue weighted by atomic mass is 16.1. The zero-order valence-corrected chi connectivity index (χ0v) is 12.8. The van der Waals surface area contributed by atoms with E-state index in [1.54, 1.807) is 10.9 Å². The Labute approximate surface area is 130 Å². The van der Waals surface area contributed by atoms with Crippen molar-refractivity contribution in [2.45, 2.75) is 6.54 Å². The van der Waals surface area contributed by atoms with Gasteiger partial charge in [0, 0.05) is 0 Å². The quantitative estimate of drug-likeness (QED) is 0.822. The predicted molar refractivity (Wildman–Crippen MR) is 84.2 cm³/mol. The van der Waals surface area contributed by atoms with Crippen molar-refractivity contribution >= 4 is 5.91 Å². The fourth-order valence-corrected chi connectivity index (χ4v) is 1.74. The minimum Gasteiger partial charge on any atom is -0.340 e. The normalized spacial score (nSPS) is 10.1. The SMILES string of the molecule is CN(C)CC#CCNC(=O)c1cn(Cc2ccccc2)nn1. The molecule has 0 saturated heterocycles. The van der Waals surface area contributed by atoms with Crippen LogP contribution < -0.4 is 5.32 Å². The fraction of sp³-hybridized carbons (Fsp3) is 0.312. The number of hydrogen-bond donors (Lipinski definition) is 1. The Morgan fingerprint density at radius 2 is 2.05 bits per heavy atom. The zero-order chi connectivity index (χ0) is 15.8. The third-order valence-corrected chi connectivity index (χ3v) is 2.82. The lowest BCUT2D eigenvalue weighted by molar-refractivity contribution is 0.0953. The van der Waals surface area contributed by atoms with Gasteiger partial charge in [-0.15, -0.1) is 5.10 Å². The van der Waals surface area contributed by atoms with Crippen LogP contribution in [0.5, 0.6) is 0 Å². The molecule has 22 heavy (non-hydrogen) atoms. The van der Waals surface area contributed by atoms with Crippen LogP contribution >= 0.6 is 0 Å². The first-order chi connectivity index (χ1) is 10.6. The van der Waals surface area contributed by atoms with Crippen molar-refractivity contribution in [3.05, 3.63) is 47.8 Å². The van der Waals surface area contributed by atoms with Crippen LogP contribution in [0.1, 0.15) is 16.1 Å². The molecule has 0 aliphatic rings. The second-order valence-electron chi connectivity index (χ2n) is 5.06. The molecule has 0 aliphatic heterocycles. The van der Waals surface area contributed by atoms with Gasteiger partial charge in [0.25, 0.3) is 5.91 Å². The number of nitrogens with zero attached hydrogens (tertiary/aromatic N) is 4. The minimum atomic E-state index is -0.265. The van der Waals surface area contributed by atoms with Gasteiger partial charge in [-0.25, -0.2) is 4.68 Å². The Balaban J connectivity index is 1.85. The van der Waals surface area contributed by atoms with E-state index in [-0.39, 0.29) is 5.91 Å². The lowest BCUT2D eigenvalue weighted by Gasteiger charge is -2.01. The molecule has 0 unspecified atom stereocenters. The summed E-state index contributed by atoms with van der Waals surface area (Å²) < 4.78 is 1.64. The van der Waals surface area contributed by atoms with Gasteiger partial charge in [0.05, 0.1) is 25.8 Å². The van der Waals surface area contributed by atoms with Crippen molar-refractivity contribution in [3.8, 4) is 11.8 Å². The van der Waals surface area contributed by atoms with Gasteiger partial charge in [0.15, 0.2) is 5.69 Å². The summed E-state index contributed by atoms with van der Waals surface area (Å²) in [5, 5.41) is 10.6. The first-order valence-electron chi connectivity index (χ1n) is 6.98. The maximum atomic E-state index is 11.9. The molecule has 0 saturated carbocycles. The van der Waals surface area contributed by atoms with E-state index in [2.05, 4.69) is 27.5 Å². The lowest BCUT2D eigenvalue weighted by Crippen LogP contribution is -2.24. The molecule has 6 nitrogen and oxygen atoms in total. The maximum absolute atomic E-state index is 11.9. The van der Waals surface area contributed by atoms with Crippen LogP contribution in [0, 0.1) is 11.8 Å². The van der Waals surface area contributed by atoms with E-state index in [0.29, 0.717) is 25.3 Å². The van der Waals surface area contributed by atoms with Crippen molar-refractivity contribution in [3.63, 3.8) is 0 Å². The highest BCUT2D eigenvalue weighted by molar-refractivity contribution is 5.91. The Morgan fingerprint density at radius 1 is 1.27 bits per heavy atom. The first-order valence-corrected chi connectivity index (χ1v) is 6.98. The summed E-state index contributed by atoms with van der Waals surface area (Å²) in [6, 6.07) is 9.89. The van der Waals surface area contributed by atoms with Crippen LogP contribution in [0.3, 0.4) is 0 Å². The van der Waals surface area contributed by atoms with Crippen molar-refractivity contribution in [2.75, 3.05) is 27.2 Å². The smallest absolute Gasteiger partial charge is 0.274 e. The third-order valence-electron chi connectivity index (χ3n) is 2.82. The lowest BCUT2D eigenvalue weighted by atomic mass is 10.2. The van der Waals surface area contributed by atoms with E-state index in [1.165, 1.54) is 0 Å². The highest BCUT2D eigenvalue weighted by Crippen LogP contribution is 2.02. The molecule has 0 aliphatic carbocycles. The molecule has 2 rings (SSSR count). The Kier molecular flexibility index (Phi) is 5.69. The second-order valence-corrected chi connectivity index (χ2v) is 5.06. The number of carbonyl (C=O) groups excluding carboxylic acids is 1. The van der Waals surface area contributed by atoms with Crippen molar-refractivity contribution in [2.24, 2.45) is 0 Å². The molecule has 6 heteroatoms. The van der Waals surface area contributed by atoms with Crippen molar-refractivity contribution < 1.29 is 4.79 Å². The average molecular weight is 297 g/mol. The molecule has 1 heterocycles. The molecule has 1 aromatic carbocycles. The molecule has 0 fully saturated rings. The van der Waals surface area contributed by atoms with E-state index in [0.717, 1.165) is 5.56 Å². The number of hydrogen-bond acceptors (Lipinski definition) is 4. The number of amides is 1. The van der Waals surface area contributed by atoms with E-state index < -0.39 is 0 Å². The highest BCUT2D eigenvalue weighted by Gasteiger charge is 2.09. The van der Waals surface area contributed by atoms with E-state index in [1.807, 2.05) is 49.3 Å². The summed E-state index contributed by atoms with van der Waals surface area (Å²) in [7, 11) is 3.89. The van der Waals surface area contributed by atoms with Gasteiger partial charge in [0.2, 0.25) is 0 Å². The Hall–Kier alpha value is -2.65. The summed E-state index contributed by atoms with van der Waals surface area (Å²) >= 11 is 0. The van der Waals surface area contributed by atoms with Gasteiger partial charge in [-0.1, -0.05) is 47.4 Å². The molecule has 0 radical (unpaired) electrons. The van der Waals surface area contributed by atoms with E-state index >= 15 is 0 Å². The van der Waals surface area contributed by atoms with Gasteiger partial charge in [-0.2, -0.15) is 0 Å². The first kappa shape index (κ1) is 15.7. The largest absolute Gasteiger partial charge is 0.340 e. The molecule has 0 spiro atoms. The van der Waals surface area contributed by atoms with Crippen LogP contribution in [-0.4, -0.2) is 53.0 Å². The summed E-state index contributed by atoms with van der Waals surface area (Å²) in [4.78, 5) is 13.9. The minimum absolute atomic E-state index is 0.265. The summed E-state index contributed by atoms with van der Waals surface area (Å²) in [5.74, 6) is 5.57. The molecule has 2 aromatic rings. The van der Waals surface area contributed by atoms with Crippen LogP contribution in [-0.2, 0) is 6.54 Å². The van der Waals surface area contributed by atoms with E-state index in [9.17, 15) is 4.79 Å². The molecule has 1 amide bonds. The van der Waals surface area contributed by atoms with Crippen LogP contribution in [0.4, 0.5) is 0 Å². The van der Waals surface area contributed by atoms with Gasteiger partial charge in [-0.3, -0.25) is 9.69 Å². The molecule has 1 aromatic heterocycles. The summed E-state index contributed by atoms with van der Waals surface area (Å²) in [5.41, 5.74) is 1.40. The monoisotopic (exact) mass is 297 g/mol. The maximum Gasteiger partial charge on any atom is 0.274 e. The molecule has 0 bridgehead atoms. The second kappa shape index (κ2) is 7.96. The third kappa shape index (κ3) is 5.04. The van der Waals surface area contributed by atoms with Crippen LogP contribution in [0.25, 0.3) is 0 Å². The molecule has 0 atom stereocenters. The van der Waals surface area contributed by atoms with Gasteiger partial charge in [-0.05, 0) is 19.7 Å². The standard InChI is InChI=1S/C16H19N5O/c1-20(2)11-7-6-10-17-16(22)15-13-21(19-18-15)12-14-8-4-3-5-9-14/h3-5,8-9,13H,10-12H2,1-2H3,(H,17,22). The Morgan fingerprint density at radius 3 is 2.77 bits per heavy atom. The van der Waals surface area contributed by atoms with E-state index in [4.69, 9.17) is 0 Å². The summed E-state index contributed by atoms with van der Waals surface area (Å²) in [6.45, 7) is 1.56. The number of aromatic nitrogens is 3. The number of nitrogens with one attached hydrogen (secondary N) is 1. The van der Waals surface area contributed by atoms with Crippen molar-refractivity contribution in [1.29, 1.82) is 0 Å². The molecule has 114 valence electrons. The average Bonchev–Trinajstić information content (AvgIpc) is 2.96. The van der Waals surface area contributed by atoms with Gasteiger partial charge in [0.1, 0.15) is 0 Å².